The van der Waals surface area contributed by atoms with E-state index in [0.717, 1.165) is 6.42 Å². The molecule has 1 unspecified atom stereocenters. The number of amides is 1. The van der Waals surface area contributed by atoms with Crippen LogP contribution >= 0.6 is 0 Å². The minimum absolute atomic E-state index is 0.0142. The molecule has 0 saturated carbocycles. The lowest BCUT2D eigenvalue weighted by Gasteiger charge is -2.28. The molecule has 0 aromatic heterocycles. The van der Waals surface area contributed by atoms with E-state index >= 15 is 0 Å². The molecule has 0 bridgehead atoms. The molecule has 1 aliphatic rings. The lowest BCUT2D eigenvalue weighted by Crippen LogP contribution is -2.46. The average Bonchev–Trinajstić information content (AvgIpc) is 2.35. The first kappa shape index (κ1) is 13.9. The number of morpholine rings is 1. The maximum Gasteiger partial charge on any atom is 0.234 e. The Kier molecular flexibility index (Phi) is 6.55. The van der Waals surface area contributed by atoms with E-state index in [2.05, 4.69) is 11.4 Å². The van der Waals surface area contributed by atoms with Gasteiger partial charge in [-0.2, -0.15) is 5.26 Å². The van der Waals surface area contributed by atoms with Crippen molar-refractivity contribution < 1.29 is 14.3 Å². The molecule has 6 nitrogen and oxygen atoms in total. The molecule has 1 fully saturated rings. The molecular weight excluding hydrogens is 222 g/mol. The predicted molar refractivity (Wildman–Crippen MR) is 61.3 cm³/mol. The second-order valence-electron chi connectivity index (χ2n) is 3.92. The van der Waals surface area contributed by atoms with E-state index < -0.39 is 6.10 Å². The van der Waals surface area contributed by atoms with Gasteiger partial charge in [0.15, 0.2) is 6.10 Å². The van der Waals surface area contributed by atoms with E-state index in [1.165, 1.54) is 0 Å². The van der Waals surface area contributed by atoms with Crippen molar-refractivity contribution in [2.75, 3.05) is 46.5 Å². The molecule has 0 aromatic carbocycles. The molecule has 1 aliphatic heterocycles. The lowest BCUT2D eigenvalue weighted by atomic mass is 10.3. The van der Waals surface area contributed by atoms with Crippen LogP contribution in [0.15, 0.2) is 0 Å². The fourth-order valence-electron chi connectivity index (χ4n) is 1.63. The van der Waals surface area contributed by atoms with Gasteiger partial charge in [-0.05, 0) is 6.42 Å². The van der Waals surface area contributed by atoms with Gasteiger partial charge >= 0.3 is 0 Å². The van der Waals surface area contributed by atoms with Gasteiger partial charge in [0, 0.05) is 33.4 Å². The van der Waals surface area contributed by atoms with E-state index in [9.17, 15) is 4.79 Å². The number of carbonyl (C=O) groups excluding carboxylic acids is 1. The highest BCUT2D eigenvalue weighted by molar-refractivity contribution is 5.77. The molecule has 1 N–H and O–H groups in total. The molecular formula is C11H19N3O3. The summed E-state index contributed by atoms with van der Waals surface area (Å²) < 4.78 is 10.1. The first-order valence-electron chi connectivity index (χ1n) is 5.75. The average molecular weight is 241 g/mol. The summed E-state index contributed by atoms with van der Waals surface area (Å²) in [5, 5.41) is 11.5. The van der Waals surface area contributed by atoms with E-state index in [-0.39, 0.29) is 5.91 Å². The highest BCUT2D eigenvalue weighted by Crippen LogP contribution is 2.03. The Bertz CT molecular complexity index is 278. The highest BCUT2D eigenvalue weighted by Gasteiger charge is 2.21. The topological polar surface area (TPSA) is 74.6 Å². The quantitative estimate of drug-likeness (QED) is 0.626. The third-order valence-corrected chi connectivity index (χ3v) is 2.51. The second-order valence-corrected chi connectivity index (χ2v) is 3.92. The second kappa shape index (κ2) is 8.01. The number of nitrogens with zero attached hydrogens (tertiary/aromatic N) is 2. The number of nitriles is 1. The van der Waals surface area contributed by atoms with E-state index in [1.807, 2.05) is 4.90 Å². The molecule has 0 aromatic rings. The van der Waals surface area contributed by atoms with Gasteiger partial charge in [0.25, 0.3) is 0 Å². The smallest absolute Gasteiger partial charge is 0.234 e. The zero-order chi connectivity index (χ0) is 12.5. The molecule has 17 heavy (non-hydrogen) atoms. The van der Waals surface area contributed by atoms with Crippen molar-refractivity contribution in [1.82, 2.24) is 10.2 Å². The van der Waals surface area contributed by atoms with Gasteiger partial charge in [0.1, 0.15) is 0 Å². The zero-order valence-corrected chi connectivity index (χ0v) is 10.1. The van der Waals surface area contributed by atoms with Crippen molar-refractivity contribution in [3.8, 4) is 6.07 Å². The van der Waals surface area contributed by atoms with Crippen molar-refractivity contribution in [3.63, 3.8) is 0 Å². The van der Waals surface area contributed by atoms with Gasteiger partial charge in [-0.15, -0.1) is 0 Å². The molecule has 1 atom stereocenters. The standard InChI is InChI=1S/C11H19N3O3/c1-16-5-2-3-13-11(15)9-14-4-6-17-10(7-12)8-14/h10H,2-6,8-9H2,1H3,(H,13,15). The van der Waals surface area contributed by atoms with Gasteiger partial charge in [-0.25, -0.2) is 0 Å². The Morgan fingerprint density at radius 2 is 2.53 bits per heavy atom. The van der Waals surface area contributed by atoms with Gasteiger partial charge in [-0.1, -0.05) is 0 Å². The Hall–Kier alpha value is -1.16. The predicted octanol–water partition coefficient (Wildman–Crippen LogP) is -0.637. The maximum absolute atomic E-state index is 11.6. The summed E-state index contributed by atoms with van der Waals surface area (Å²) in [6.45, 7) is 3.31. The number of methoxy groups -OCH3 is 1. The first-order valence-corrected chi connectivity index (χ1v) is 5.75. The normalized spacial score (nSPS) is 20.8. The number of rotatable bonds is 6. The van der Waals surface area contributed by atoms with E-state index in [4.69, 9.17) is 14.7 Å². The third kappa shape index (κ3) is 5.63. The van der Waals surface area contributed by atoms with Crippen LogP contribution in [0.1, 0.15) is 6.42 Å². The fraction of sp³-hybridized carbons (Fsp3) is 0.818. The highest BCUT2D eigenvalue weighted by atomic mass is 16.5. The van der Waals surface area contributed by atoms with Crippen molar-refractivity contribution >= 4 is 5.91 Å². The summed E-state index contributed by atoms with van der Waals surface area (Å²) in [6, 6.07) is 2.05. The van der Waals surface area contributed by atoms with Crippen molar-refractivity contribution in [1.29, 1.82) is 5.26 Å². The number of carbonyl (C=O) groups is 1. The van der Waals surface area contributed by atoms with Crippen molar-refractivity contribution in [3.05, 3.63) is 0 Å². The molecule has 0 spiro atoms. The zero-order valence-electron chi connectivity index (χ0n) is 10.1. The summed E-state index contributed by atoms with van der Waals surface area (Å²) in [5.41, 5.74) is 0. The van der Waals surface area contributed by atoms with Crippen LogP contribution in [0.5, 0.6) is 0 Å². The SMILES string of the molecule is COCCCNC(=O)CN1CCOC(C#N)C1. The van der Waals surface area contributed by atoms with Crippen LogP contribution < -0.4 is 5.32 Å². The van der Waals surface area contributed by atoms with E-state index in [1.54, 1.807) is 7.11 Å². The summed E-state index contributed by atoms with van der Waals surface area (Å²) in [5.74, 6) is -0.0142. The molecule has 1 heterocycles. The summed E-state index contributed by atoms with van der Waals surface area (Å²) in [7, 11) is 1.64. The van der Waals surface area contributed by atoms with Gasteiger partial charge in [-0.3, -0.25) is 9.69 Å². The van der Waals surface area contributed by atoms with Gasteiger partial charge in [0.2, 0.25) is 5.91 Å². The summed E-state index contributed by atoms with van der Waals surface area (Å²) in [6.07, 6.45) is 0.400. The summed E-state index contributed by atoms with van der Waals surface area (Å²) in [4.78, 5) is 13.5. The van der Waals surface area contributed by atoms with Crippen LogP contribution in [0, 0.1) is 11.3 Å². The molecule has 0 aliphatic carbocycles. The molecule has 6 heteroatoms. The third-order valence-electron chi connectivity index (χ3n) is 2.51. The Labute approximate surface area is 101 Å². The van der Waals surface area contributed by atoms with E-state index in [0.29, 0.717) is 39.4 Å². The summed E-state index contributed by atoms with van der Waals surface area (Å²) >= 11 is 0. The van der Waals surface area contributed by atoms with Gasteiger partial charge in [0.05, 0.1) is 19.2 Å². The number of ether oxygens (including phenoxy) is 2. The Morgan fingerprint density at radius 1 is 1.71 bits per heavy atom. The van der Waals surface area contributed by atoms with Crippen LogP contribution in [0.2, 0.25) is 0 Å². The molecule has 96 valence electrons. The number of hydrogen-bond donors (Lipinski definition) is 1. The van der Waals surface area contributed by atoms with Gasteiger partial charge < -0.3 is 14.8 Å². The van der Waals surface area contributed by atoms with Crippen molar-refractivity contribution in [2.45, 2.75) is 12.5 Å². The van der Waals surface area contributed by atoms with Crippen LogP contribution in [-0.2, 0) is 14.3 Å². The van der Waals surface area contributed by atoms with Crippen LogP contribution in [0.25, 0.3) is 0 Å². The largest absolute Gasteiger partial charge is 0.385 e. The minimum atomic E-state index is -0.412. The maximum atomic E-state index is 11.6. The molecule has 1 saturated heterocycles. The number of hydrogen-bond acceptors (Lipinski definition) is 5. The van der Waals surface area contributed by atoms with Crippen LogP contribution in [0.3, 0.4) is 0 Å². The lowest BCUT2D eigenvalue weighted by molar-refractivity contribution is -0.123. The van der Waals surface area contributed by atoms with Crippen LogP contribution in [-0.4, -0.2) is 63.4 Å². The van der Waals surface area contributed by atoms with Crippen LogP contribution in [0.4, 0.5) is 0 Å². The molecule has 1 amide bonds. The Balaban J connectivity index is 2.15. The first-order chi connectivity index (χ1) is 8.26. The Morgan fingerprint density at radius 3 is 3.24 bits per heavy atom. The molecule has 1 rings (SSSR count). The number of nitrogens with one attached hydrogen (secondary N) is 1. The minimum Gasteiger partial charge on any atom is -0.385 e. The molecule has 0 radical (unpaired) electrons. The monoisotopic (exact) mass is 241 g/mol. The fourth-order valence-corrected chi connectivity index (χ4v) is 1.63. The van der Waals surface area contributed by atoms with Crippen molar-refractivity contribution in [2.24, 2.45) is 0 Å².